The fraction of sp³-hybridized carbons (Fsp3) is 0.200. The number of rotatable bonds is 2. The molecule has 0 aliphatic carbocycles. The van der Waals surface area contributed by atoms with E-state index in [0.717, 1.165) is 24.1 Å². The Kier molecular flexibility index (Phi) is 2.97. The molecule has 0 amide bonds. The average molecular weight is 317 g/mol. The SMILES string of the molecule is Cc1csc2c1-c1ncnn1CN2Cc1ccc(Cl)cc1. The Labute approximate surface area is 131 Å². The minimum absolute atomic E-state index is 0.727. The van der Waals surface area contributed by atoms with E-state index in [1.54, 1.807) is 17.7 Å². The molecule has 6 heteroatoms. The minimum atomic E-state index is 0.727. The lowest BCUT2D eigenvalue weighted by molar-refractivity contribution is 0.571. The van der Waals surface area contributed by atoms with Crippen LogP contribution in [0, 0.1) is 6.92 Å². The molecule has 3 aromatic rings. The number of anilines is 1. The zero-order chi connectivity index (χ0) is 14.4. The van der Waals surface area contributed by atoms with Crippen LogP contribution < -0.4 is 4.90 Å². The number of fused-ring (bicyclic) bond motifs is 3. The van der Waals surface area contributed by atoms with Crippen LogP contribution in [0.5, 0.6) is 0 Å². The van der Waals surface area contributed by atoms with Crippen molar-refractivity contribution < 1.29 is 0 Å². The normalized spacial score (nSPS) is 13.1. The van der Waals surface area contributed by atoms with Crippen molar-refractivity contribution in [2.24, 2.45) is 0 Å². The van der Waals surface area contributed by atoms with Crippen LogP contribution in [0.25, 0.3) is 11.4 Å². The van der Waals surface area contributed by atoms with Crippen LogP contribution in [0.15, 0.2) is 36.0 Å². The van der Waals surface area contributed by atoms with E-state index >= 15 is 0 Å². The molecule has 0 saturated carbocycles. The molecule has 106 valence electrons. The predicted octanol–water partition coefficient (Wildman–Crippen LogP) is 3.95. The monoisotopic (exact) mass is 316 g/mol. The van der Waals surface area contributed by atoms with Crippen molar-refractivity contribution in [2.75, 3.05) is 4.90 Å². The number of halogens is 1. The van der Waals surface area contributed by atoms with Crippen molar-refractivity contribution in [3.05, 3.63) is 52.1 Å². The molecule has 0 bridgehead atoms. The summed E-state index contributed by atoms with van der Waals surface area (Å²) in [5.74, 6) is 0.969. The highest BCUT2D eigenvalue weighted by Crippen LogP contribution is 2.42. The van der Waals surface area contributed by atoms with Crippen LogP contribution in [-0.2, 0) is 13.2 Å². The molecule has 0 radical (unpaired) electrons. The van der Waals surface area contributed by atoms with Crippen molar-refractivity contribution in [1.29, 1.82) is 0 Å². The molecule has 0 saturated heterocycles. The molecule has 0 unspecified atom stereocenters. The highest BCUT2D eigenvalue weighted by molar-refractivity contribution is 7.15. The summed E-state index contributed by atoms with van der Waals surface area (Å²) in [6, 6.07) is 8.00. The van der Waals surface area contributed by atoms with Crippen molar-refractivity contribution >= 4 is 27.9 Å². The van der Waals surface area contributed by atoms with Gasteiger partial charge in [0.1, 0.15) is 18.0 Å². The fourth-order valence-corrected chi connectivity index (χ4v) is 3.83. The van der Waals surface area contributed by atoms with Gasteiger partial charge >= 0.3 is 0 Å². The van der Waals surface area contributed by atoms with Gasteiger partial charge < -0.3 is 4.90 Å². The summed E-state index contributed by atoms with van der Waals surface area (Å²) in [5, 5.41) is 8.55. The van der Waals surface area contributed by atoms with E-state index < -0.39 is 0 Å². The Morgan fingerprint density at radius 3 is 2.90 bits per heavy atom. The molecule has 0 atom stereocenters. The van der Waals surface area contributed by atoms with Crippen molar-refractivity contribution in [3.8, 4) is 11.4 Å². The van der Waals surface area contributed by atoms with Crippen molar-refractivity contribution in [2.45, 2.75) is 20.1 Å². The van der Waals surface area contributed by atoms with E-state index in [4.69, 9.17) is 11.6 Å². The molecular weight excluding hydrogens is 304 g/mol. The first-order valence-corrected chi connectivity index (χ1v) is 7.94. The largest absolute Gasteiger partial charge is 0.339 e. The third-order valence-corrected chi connectivity index (χ3v) is 5.08. The van der Waals surface area contributed by atoms with Gasteiger partial charge in [0.2, 0.25) is 0 Å². The fourth-order valence-electron chi connectivity index (χ4n) is 2.65. The van der Waals surface area contributed by atoms with Crippen LogP contribution >= 0.6 is 22.9 Å². The van der Waals surface area contributed by atoms with Crippen LogP contribution in [-0.4, -0.2) is 14.8 Å². The zero-order valence-corrected chi connectivity index (χ0v) is 13.0. The molecule has 3 heterocycles. The summed E-state index contributed by atoms with van der Waals surface area (Å²) in [5.41, 5.74) is 3.70. The summed E-state index contributed by atoms with van der Waals surface area (Å²) >= 11 is 7.73. The van der Waals surface area contributed by atoms with Gasteiger partial charge in [0.15, 0.2) is 5.82 Å². The van der Waals surface area contributed by atoms with Crippen LogP contribution in [0.2, 0.25) is 5.02 Å². The summed E-state index contributed by atoms with van der Waals surface area (Å²) in [6.45, 7) is 3.69. The summed E-state index contributed by atoms with van der Waals surface area (Å²) in [4.78, 5) is 6.73. The van der Waals surface area contributed by atoms with Gasteiger partial charge in [0.25, 0.3) is 0 Å². The molecule has 0 N–H and O–H groups in total. The van der Waals surface area contributed by atoms with E-state index in [0.29, 0.717) is 0 Å². The van der Waals surface area contributed by atoms with Gasteiger partial charge in [-0.05, 0) is 35.6 Å². The van der Waals surface area contributed by atoms with Gasteiger partial charge in [0.05, 0.1) is 5.56 Å². The van der Waals surface area contributed by atoms with Gasteiger partial charge in [-0.25, -0.2) is 9.67 Å². The highest BCUT2D eigenvalue weighted by atomic mass is 35.5. The standard InChI is InChI=1S/C15H13ClN4S/c1-10-7-21-15-13(10)14-17-8-18-20(14)9-19(15)6-11-2-4-12(16)5-3-11/h2-5,7-8H,6,9H2,1H3. The number of benzene rings is 1. The average Bonchev–Trinajstić information content (AvgIpc) is 3.08. The second kappa shape index (κ2) is 4.86. The molecule has 1 aromatic carbocycles. The molecule has 4 rings (SSSR count). The summed E-state index contributed by atoms with van der Waals surface area (Å²) < 4.78 is 1.96. The minimum Gasteiger partial charge on any atom is -0.339 e. The maximum Gasteiger partial charge on any atom is 0.163 e. The van der Waals surface area contributed by atoms with E-state index in [-0.39, 0.29) is 0 Å². The molecule has 1 aliphatic rings. The van der Waals surface area contributed by atoms with Crippen molar-refractivity contribution in [1.82, 2.24) is 14.8 Å². The van der Waals surface area contributed by atoms with Crippen LogP contribution in [0.3, 0.4) is 0 Å². The van der Waals surface area contributed by atoms with Gasteiger partial charge in [0, 0.05) is 11.6 Å². The number of hydrogen-bond acceptors (Lipinski definition) is 4. The third-order valence-electron chi connectivity index (χ3n) is 3.67. The first-order chi connectivity index (χ1) is 10.2. The smallest absolute Gasteiger partial charge is 0.163 e. The molecular formula is C15H13ClN4S. The van der Waals surface area contributed by atoms with E-state index in [2.05, 4.69) is 39.4 Å². The highest BCUT2D eigenvalue weighted by Gasteiger charge is 2.26. The van der Waals surface area contributed by atoms with Crippen LogP contribution in [0.1, 0.15) is 11.1 Å². The zero-order valence-electron chi connectivity index (χ0n) is 11.5. The number of hydrogen-bond donors (Lipinski definition) is 0. The molecule has 2 aromatic heterocycles. The molecule has 21 heavy (non-hydrogen) atoms. The Bertz CT molecular complexity index is 790. The first-order valence-electron chi connectivity index (χ1n) is 6.68. The Balaban J connectivity index is 1.73. The Morgan fingerprint density at radius 2 is 2.10 bits per heavy atom. The first kappa shape index (κ1) is 12.9. The van der Waals surface area contributed by atoms with Gasteiger partial charge in [-0.2, -0.15) is 5.10 Å². The van der Waals surface area contributed by atoms with Gasteiger partial charge in [-0.1, -0.05) is 23.7 Å². The topological polar surface area (TPSA) is 34.0 Å². The van der Waals surface area contributed by atoms with Crippen molar-refractivity contribution in [3.63, 3.8) is 0 Å². The number of aromatic nitrogens is 3. The maximum absolute atomic E-state index is 5.96. The Morgan fingerprint density at radius 1 is 1.29 bits per heavy atom. The van der Waals surface area contributed by atoms with Crippen LogP contribution in [0.4, 0.5) is 5.00 Å². The van der Waals surface area contributed by atoms with Gasteiger partial charge in [-0.3, -0.25) is 0 Å². The maximum atomic E-state index is 5.96. The predicted molar refractivity (Wildman–Crippen MR) is 85.7 cm³/mol. The summed E-state index contributed by atoms with van der Waals surface area (Å²) in [6.07, 6.45) is 1.63. The number of nitrogens with zero attached hydrogens (tertiary/aromatic N) is 4. The van der Waals surface area contributed by atoms with E-state index in [9.17, 15) is 0 Å². The van der Waals surface area contributed by atoms with E-state index in [1.807, 2.05) is 16.8 Å². The molecule has 0 fully saturated rings. The molecule has 4 nitrogen and oxygen atoms in total. The quantitative estimate of drug-likeness (QED) is 0.718. The van der Waals surface area contributed by atoms with E-state index in [1.165, 1.54) is 21.7 Å². The molecule has 1 aliphatic heterocycles. The number of thiophene rings is 1. The Hall–Kier alpha value is -1.85. The second-order valence-electron chi connectivity index (χ2n) is 5.15. The van der Waals surface area contributed by atoms with Gasteiger partial charge in [-0.15, -0.1) is 11.3 Å². The molecule has 0 spiro atoms. The third kappa shape index (κ3) is 2.13. The lowest BCUT2D eigenvalue weighted by atomic mass is 10.1. The number of aryl methyl sites for hydroxylation is 1. The lowest BCUT2D eigenvalue weighted by Gasteiger charge is -2.29. The second-order valence-corrected chi connectivity index (χ2v) is 6.44. The lowest BCUT2D eigenvalue weighted by Crippen LogP contribution is -2.29. The summed E-state index contributed by atoms with van der Waals surface area (Å²) in [7, 11) is 0.